The Hall–Kier alpha value is -1.96. The standard InChI is InChI=1S/C20H22BrFN4O/c21-15-3-1-2-14(12-15)19-18(13-23-24-19)20(27)26-10-8-25(9-11-26)17-6-4-16(22)5-7-17/h1-7,12,18-19,23-24H,8-11,13H2. The number of hydrogen-bond donors (Lipinski definition) is 2. The monoisotopic (exact) mass is 432 g/mol. The van der Waals surface area contributed by atoms with Gasteiger partial charge < -0.3 is 9.80 Å². The Bertz CT molecular complexity index is 808. The summed E-state index contributed by atoms with van der Waals surface area (Å²) in [6.07, 6.45) is 0. The van der Waals surface area contributed by atoms with Crippen molar-refractivity contribution in [1.82, 2.24) is 15.8 Å². The number of hydrogen-bond acceptors (Lipinski definition) is 4. The summed E-state index contributed by atoms with van der Waals surface area (Å²) in [5, 5.41) is 0. The molecule has 142 valence electrons. The molecule has 0 aromatic heterocycles. The summed E-state index contributed by atoms with van der Waals surface area (Å²) in [5.41, 5.74) is 8.48. The van der Waals surface area contributed by atoms with Gasteiger partial charge in [-0.15, -0.1) is 0 Å². The zero-order valence-electron chi connectivity index (χ0n) is 14.9. The van der Waals surface area contributed by atoms with Gasteiger partial charge >= 0.3 is 0 Å². The van der Waals surface area contributed by atoms with E-state index in [0.717, 1.165) is 28.8 Å². The second-order valence-electron chi connectivity index (χ2n) is 6.95. The van der Waals surface area contributed by atoms with Crippen molar-refractivity contribution in [2.75, 3.05) is 37.6 Å². The van der Waals surface area contributed by atoms with Gasteiger partial charge in [-0.05, 0) is 42.0 Å². The average molecular weight is 433 g/mol. The number of carbonyl (C=O) groups excluding carboxylic acids is 1. The van der Waals surface area contributed by atoms with Crippen molar-refractivity contribution in [2.24, 2.45) is 5.92 Å². The van der Waals surface area contributed by atoms with Crippen molar-refractivity contribution in [3.63, 3.8) is 0 Å². The number of benzene rings is 2. The van der Waals surface area contributed by atoms with Crippen LogP contribution in [0.5, 0.6) is 0 Å². The first-order chi connectivity index (χ1) is 13.1. The first-order valence-electron chi connectivity index (χ1n) is 9.15. The maximum Gasteiger partial charge on any atom is 0.229 e. The molecule has 0 spiro atoms. The van der Waals surface area contributed by atoms with Crippen LogP contribution in [-0.2, 0) is 4.79 Å². The van der Waals surface area contributed by atoms with E-state index in [-0.39, 0.29) is 23.7 Å². The first kappa shape index (κ1) is 18.4. The fourth-order valence-corrected chi connectivity index (χ4v) is 4.23. The molecule has 2 saturated heterocycles. The number of rotatable bonds is 3. The third kappa shape index (κ3) is 4.00. The Balaban J connectivity index is 1.40. The van der Waals surface area contributed by atoms with Gasteiger partial charge in [0, 0.05) is 42.9 Å². The van der Waals surface area contributed by atoms with Gasteiger partial charge in [0.25, 0.3) is 0 Å². The molecule has 5 nitrogen and oxygen atoms in total. The van der Waals surface area contributed by atoms with Crippen molar-refractivity contribution in [2.45, 2.75) is 6.04 Å². The summed E-state index contributed by atoms with van der Waals surface area (Å²) in [4.78, 5) is 17.3. The van der Waals surface area contributed by atoms with E-state index >= 15 is 0 Å². The van der Waals surface area contributed by atoms with Gasteiger partial charge in [0.1, 0.15) is 5.82 Å². The predicted octanol–water partition coefficient (Wildman–Crippen LogP) is 2.70. The fraction of sp³-hybridized carbons (Fsp3) is 0.350. The molecule has 2 atom stereocenters. The van der Waals surface area contributed by atoms with Crippen LogP contribution in [0, 0.1) is 11.7 Å². The molecule has 1 amide bonds. The Kier molecular flexibility index (Phi) is 5.43. The highest BCUT2D eigenvalue weighted by molar-refractivity contribution is 9.10. The highest BCUT2D eigenvalue weighted by Crippen LogP contribution is 2.29. The van der Waals surface area contributed by atoms with Crippen molar-refractivity contribution in [3.8, 4) is 0 Å². The number of piperazine rings is 1. The lowest BCUT2D eigenvalue weighted by Crippen LogP contribution is -2.51. The number of nitrogens with one attached hydrogen (secondary N) is 2. The summed E-state index contributed by atoms with van der Waals surface area (Å²) in [6.45, 7) is 3.49. The van der Waals surface area contributed by atoms with Crippen molar-refractivity contribution in [3.05, 3.63) is 64.4 Å². The third-order valence-corrected chi connectivity index (χ3v) is 5.78. The van der Waals surface area contributed by atoms with E-state index in [9.17, 15) is 9.18 Å². The van der Waals surface area contributed by atoms with E-state index in [2.05, 4.69) is 37.7 Å². The highest BCUT2D eigenvalue weighted by atomic mass is 79.9. The van der Waals surface area contributed by atoms with E-state index in [1.165, 1.54) is 12.1 Å². The van der Waals surface area contributed by atoms with E-state index in [1.54, 1.807) is 12.1 Å². The Morgan fingerprint density at radius 3 is 2.52 bits per heavy atom. The van der Waals surface area contributed by atoms with Gasteiger partial charge in [0.05, 0.1) is 12.0 Å². The van der Waals surface area contributed by atoms with Crippen LogP contribution >= 0.6 is 15.9 Å². The number of anilines is 1. The minimum Gasteiger partial charge on any atom is -0.368 e. The SMILES string of the molecule is O=C(C1CNNC1c1cccc(Br)c1)N1CCN(c2ccc(F)cc2)CC1. The van der Waals surface area contributed by atoms with Crippen LogP contribution in [0.4, 0.5) is 10.1 Å². The molecule has 2 fully saturated rings. The smallest absolute Gasteiger partial charge is 0.229 e. The second-order valence-corrected chi connectivity index (χ2v) is 7.87. The van der Waals surface area contributed by atoms with Gasteiger partial charge in [-0.1, -0.05) is 28.1 Å². The molecule has 2 unspecified atom stereocenters. The number of carbonyl (C=O) groups is 1. The molecular formula is C20H22BrFN4O. The number of halogens is 2. The molecule has 0 bridgehead atoms. The Labute approximate surface area is 166 Å². The summed E-state index contributed by atoms with van der Waals surface area (Å²) in [5.74, 6) is -0.180. The zero-order chi connectivity index (χ0) is 18.8. The summed E-state index contributed by atoms with van der Waals surface area (Å²) >= 11 is 3.50. The van der Waals surface area contributed by atoms with Gasteiger partial charge in [-0.25, -0.2) is 9.82 Å². The number of nitrogens with zero attached hydrogens (tertiary/aromatic N) is 2. The van der Waals surface area contributed by atoms with Crippen LogP contribution in [-0.4, -0.2) is 43.5 Å². The van der Waals surface area contributed by atoms with E-state index in [4.69, 9.17) is 0 Å². The van der Waals surface area contributed by atoms with Gasteiger partial charge in [0.2, 0.25) is 5.91 Å². The van der Waals surface area contributed by atoms with Crippen LogP contribution < -0.4 is 15.8 Å². The average Bonchev–Trinajstić information content (AvgIpc) is 3.18. The number of hydrazine groups is 1. The lowest BCUT2D eigenvalue weighted by atomic mass is 9.93. The maximum atomic E-state index is 13.1. The third-order valence-electron chi connectivity index (χ3n) is 5.29. The first-order valence-corrected chi connectivity index (χ1v) is 9.94. The molecule has 2 aliphatic heterocycles. The minimum absolute atomic E-state index is 0.0369. The van der Waals surface area contributed by atoms with Crippen LogP contribution in [0.25, 0.3) is 0 Å². The molecule has 4 rings (SSSR count). The van der Waals surface area contributed by atoms with Gasteiger partial charge in [-0.2, -0.15) is 0 Å². The fourth-order valence-electron chi connectivity index (χ4n) is 3.81. The predicted molar refractivity (Wildman–Crippen MR) is 107 cm³/mol. The quantitative estimate of drug-likeness (QED) is 0.782. The molecule has 0 radical (unpaired) electrons. The molecule has 0 saturated carbocycles. The molecule has 2 aliphatic rings. The maximum absolute atomic E-state index is 13.1. The normalized spacial score (nSPS) is 22.9. The van der Waals surface area contributed by atoms with E-state index < -0.39 is 0 Å². The molecule has 7 heteroatoms. The molecule has 2 N–H and O–H groups in total. The van der Waals surface area contributed by atoms with Crippen molar-refractivity contribution >= 4 is 27.5 Å². The van der Waals surface area contributed by atoms with Gasteiger partial charge in [-0.3, -0.25) is 10.2 Å². The zero-order valence-corrected chi connectivity index (χ0v) is 16.5. The van der Waals surface area contributed by atoms with Crippen molar-refractivity contribution in [1.29, 1.82) is 0 Å². The lowest BCUT2D eigenvalue weighted by Gasteiger charge is -2.37. The molecule has 2 aromatic rings. The largest absolute Gasteiger partial charge is 0.368 e. The molecule has 0 aliphatic carbocycles. The van der Waals surface area contributed by atoms with E-state index in [0.29, 0.717) is 19.6 Å². The van der Waals surface area contributed by atoms with Crippen LogP contribution in [0.3, 0.4) is 0 Å². The van der Waals surface area contributed by atoms with Crippen LogP contribution in [0.1, 0.15) is 11.6 Å². The van der Waals surface area contributed by atoms with Crippen molar-refractivity contribution < 1.29 is 9.18 Å². The van der Waals surface area contributed by atoms with Crippen LogP contribution in [0.15, 0.2) is 53.0 Å². The number of amides is 1. The summed E-state index contributed by atoms with van der Waals surface area (Å²) in [7, 11) is 0. The Morgan fingerprint density at radius 1 is 1.07 bits per heavy atom. The molecular weight excluding hydrogens is 411 g/mol. The summed E-state index contributed by atoms with van der Waals surface area (Å²) < 4.78 is 14.1. The topological polar surface area (TPSA) is 47.6 Å². The highest BCUT2D eigenvalue weighted by Gasteiger charge is 2.37. The van der Waals surface area contributed by atoms with E-state index in [1.807, 2.05) is 23.1 Å². The molecule has 2 heterocycles. The lowest BCUT2D eigenvalue weighted by molar-refractivity contribution is -0.135. The Morgan fingerprint density at radius 2 is 1.81 bits per heavy atom. The van der Waals surface area contributed by atoms with Gasteiger partial charge in [0.15, 0.2) is 0 Å². The summed E-state index contributed by atoms with van der Waals surface area (Å²) in [6, 6.07) is 14.6. The van der Waals surface area contributed by atoms with Crippen LogP contribution in [0.2, 0.25) is 0 Å². The molecule has 2 aromatic carbocycles. The second kappa shape index (κ2) is 7.96. The molecule has 27 heavy (non-hydrogen) atoms. The minimum atomic E-state index is -0.229.